The molecule has 134 valence electrons. The molecule has 2 rings (SSSR count). The van der Waals surface area contributed by atoms with Crippen molar-refractivity contribution >= 4 is 11.9 Å². The molecule has 0 radical (unpaired) electrons. The Kier molecular flexibility index (Phi) is 7.15. The first-order chi connectivity index (χ1) is 11.6. The van der Waals surface area contributed by atoms with Crippen molar-refractivity contribution in [2.24, 2.45) is 16.8 Å². The Labute approximate surface area is 144 Å². The molecule has 0 spiro atoms. The molecule has 2 N–H and O–H groups in total. The summed E-state index contributed by atoms with van der Waals surface area (Å²) in [6.07, 6.45) is 6.81. The van der Waals surface area contributed by atoms with Crippen LogP contribution in [0.25, 0.3) is 0 Å². The fourth-order valence-corrected chi connectivity index (χ4v) is 3.19. The summed E-state index contributed by atoms with van der Waals surface area (Å²) in [5, 5.41) is 5.95. The molecule has 1 heterocycles. The van der Waals surface area contributed by atoms with Gasteiger partial charge in [-0.2, -0.15) is 0 Å². The van der Waals surface area contributed by atoms with Gasteiger partial charge in [0, 0.05) is 20.6 Å². The number of hydrogen-bond acceptors (Lipinski definition) is 3. The quantitative estimate of drug-likeness (QED) is 0.618. The highest BCUT2D eigenvalue weighted by Crippen LogP contribution is 2.28. The van der Waals surface area contributed by atoms with Gasteiger partial charge in [-0.1, -0.05) is 19.8 Å². The van der Waals surface area contributed by atoms with Crippen molar-refractivity contribution in [1.29, 1.82) is 0 Å². The van der Waals surface area contributed by atoms with E-state index < -0.39 is 0 Å². The van der Waals surface area contributed by atoms with Gasteiger partial charge in [-0.15, -0.1) is 0 Å². The second-order valence-electron chi connectivity index (χ2n) is 6.76. The average molecular weight is 334 g/mol. The molecular weight excluding hydrogens is 304 g/mol. The molecule has 1 amide bonds. The lowest BCUT2D eigenvalue weighted by Gasteiger charge is -2.31. The highest BCUT2D eigenvalue weighted by molar-refractivity contribution is 5.86. The van der Waals surface area contributed by atoms with Gasteiger partial charge >= 0.3 is 0 Å². The molecule has 1 aromatic rings. The molecule has 24 heavy (non-hydrogen) atoms. The van der Waals surface area contributed by atoms with Crippen LogP contribution in [0.1, 0.15) is 38.4 Å². The minimum Gasteiger partial charge on any atom is -0.467 e. The van der Waals surface area contributed by atoms with Crippen LogP contribution in [0.3, 0.4) is 0 Å². The number of amides is 1. The van der Waals surface area contributed by atoms with E-state index in [1.807, 2.05) is 19.2 Å². The van der Waals surface area contributed by atoms with E-state index in [0.717, 1.165) is 30.1 Å². The number of carbonyl (C=O) groups excluding carboxylic acids is 1. The first-order valence-corrected chi connectivity index (χ1v) is 8.79. The molecule has 0 atom stereocenters. The number of rotatable bonds is 6. The lowest BCUT2D eigenvalue weighted by Crippen LogP contribution is -2.45. The van der Waals surface area contributed by atoms with E-state index in [2.05, 4.69) is 27.4 Å². The standard InChI is InChI=1S/C18H30N4O2/c1-14-6-8-15(9-7-14)13-22(3)18(19-2)21-12-17(23)20-11-16-5-4-10-24-16/h4-5,10,14-15H,6-9,11-13H2,1-3H3,(H,19,21)(H,20,23). The molecule has 0 aromatic carbocycles. The third-order valence-electron chi connectivity index (χ3n) is 4.69. The van der Waals surface area contributed by atoms with Gasteiger partial charge in [0.15, 0.2) is 5.96 Å². The lowest BCUT2D eigenvalue weighted by molar-refractivity contribution is -0.120. The van der Waals surface area contributed by atoms with Crippen LogP contribution in [-0.2, 0) is 11.3 Å². The first-order valence-electron chi connectivity index (χ1n) is 8.79. The van der Waals surface area contributed by atoms with Crippen LogP contribution < -0.4 is 10.6 Å². The van der Waals surface area contributed by atoms with E-state index in [0.29, 0.717) is 6.54 Å². The molecule has 0 bridgehead atoms. The van der Waals surface area contributed by atoms with Crippen LogP contribution >= 0.6 is 0 Å². The summed E-state index contributed by atoms with van der Waals surface area (Å²) in [4.78, 5) is 18.3. The number of furan rings is 1. The molecule has 0 unspecified atom stereocenters. The normalized spacial score (nSPS) is 21.4. The summed E-state index contributed by atoms with van der Waals surface area (Å²) in [6, 6.07) is 3.65. The summed E-state index contributed by atoms with van der Waals surface area (Å²) in [7, 11) is 3.79. The summed E-state index contributed by atoms with van der Waals surface area (Å²) in [5.41, 5.74) is 0. The number of hydrogen-bond donors (Lipinski definition) is 2. The molecule has 1 aromatic heterocycles. The van der Waals surface area contributed by atoms with Gasteiger partial charge in [-0.25, -0.2) is 0 Å². The SMILES string of the molecule is CN=C(NCC(=O)NCc1ccco1)N(C)CC1CCC(C)CC1. The maximum absolute atomic E-state index is 11.9. The van der Waals surface area contributed by atoms with E-state index in [1.54, 1.807) is 13.3 Å². The number of aliphatic imine (C=N–C) groups is 1. The van der Waals surface area contributed by atoms with Crippen molar-refractivity contribution in [3.63, 3.8) is 0 Å². The maximum atomic E-state index is 11.9. The molecule has 1 aliphatic rings. The van der Waals surface area contributed by atoms with Gasteiger partial charge < -0.3 is 20.0 Å². The Hall–Kier alpha value is -1.98. The third-order valence-corrected chi connectivity index (χ3v) is 4.69. The number of guanidine groups is 1. The Morgan fingerprint density at radius 1 is 1.33 bits per heavy atom. The van der Waals surface area contributed by atoms with Gasteiger partial charge in [0.25, 0.3) is 0 Å². The van der Waals surface area contributed by atoms with Gasteiger partial charge in [-0.3, -0.25) is 9.79 Å². The molecule has 6 heteroatoms. The monoisotopic (exact) mass is 334 g/mol. The average Bonchev–Trinajstić information content (AvgIpc) is 3.09. The van der Waals surface area contributed by atoms with E-state index in [4.69, 9.17) is 4.42 Å². The van der Waals surface area contributed by atoms with E-state index in [-0.39, 0.29) is 12.5 Å². The van der Waals surface area contributed by atoms with E-state index >= 15 is 0 Å². The van der Waals surface area contributed by atoms with Crippen LogP contribution in [0.5, 0.6) is 0 Å². The number of nitrogens with one attached hydrogen (secondary N) is 2. The van der Waals surface area contributed by atoms with Gasteiger partial charge in [-0.05, 0) is 36.8 Å². The Morgan fingerprint density at radius 2 is 2.08 bits per heavy atom. The maximum Gasteiger partial charge on any atom is 0.239 e. The van der Waals surface area contributed by atoms with Crippen molar-refractivity contribution in [1.82, 2.24) is 15.5 Å². The smallest absolute Gasteiger partial charge is 0.239 e. The van der Waals surface area contributed by atoms with E-state index in [1.165, 1.54) is 25.7 Å². The highest BCUT2D eigenvalue weighted by Gasteiger charge is 2.20. The summed E-state index contributed by atoms with van der Waals surface area (Å²) < 4.78 is 5.19. The first kappa shape index (κ1) is 18.4. The van der Waals surface area contributed by atoms with Crippen molar-refractivity contribution in [3.8, 4) is 0 Å². The molecule has 1 saturated carbocycles. The zero-order chi connectivity index (χ0) is 17.4. The largest absolute Gasteiger partial charge is 0.467 e. The third kappa shape index (κ3) is 5.91. The minimum atomic E-state index is -0.0764. The van der Waals surface area contributed by atoms with Crippen LogP contribution in [0.2, 0.25) is 0 Å². The zero-order valence-electron chi connectivity index (χ0n) is 15.0. The van der Waals surface area contributed by atoms with Crippen molar-refractivity contribution < 1.29 is 9.21 Å². The predicted octanol–water partition coefficient (Wildman–Crippen LogP) is 2.23. The predicted molar refractivity (Wildman–Crippen MR) is 95.7 cm³/mol. The fraction of sp³-hybridized carbons (Fsp3) is 0.667. The van der Waals surface area contributed by atoms with E-state index in [9.17, 15) is 4.79 Å². The highest BCUT2D eigenvalue weighted by atomic mass is 16.3. The van der Waals surface area contributed by atoms with Crippen LogP contribution in [-0.4, -0.2) is 44.0 Å². The van der Waals surface area contributed by atoms with Gasteiger partial charge in [0.05, 0.1) is 19.4 Å². The Balaban J connectivity index is 1.69. The Bertz CT molecular complexity index is 519. The van der Waals surface area contributed by atoms with Gasteiger partial charge in [0.1, 0.15) is 5.76 Å². The van der Waals surface area contributed by atoms with Crippen LogP contribution in [0.4, 0.5) is 0 Å². The lowest BCUT2D eigenvalue weighted by atomic mass is 9.83. The summed E-state index contributed by atoms with van der Waals surface area (Å²) in [5.74, 6) is 3.02. The number of nitrogens with zero attached hydrogens (tertiary/aromatic N) is 2. The topological polar surface area (TPSA) is 69.9 Å². The molecule has 6 nitrogen and oxygen atoms in total. The summed E-state index contributed by atoms with van der Waals surface area (Å²) >= 11 is 0. The zero-order valence-corrected chi connectivity index (χ0v) is 15.0. The molecular formula is C18H30N4O2. The van der Waals surface area contributed by atoms with Gasteiger partial charge in [0.2, 0.25) is 5.91 Å². The minimum absolute atomic E-state index is 0.0764. The van der Waals surface area contributed by atoms with Crippen molar-refractivity contribution in [3.05, 3.63) is 24.2 Å². The Morgan fingerprint density at radius 3 is 2.71 bits per heavy atom. The van der Waals surface area contributed by atoms with Crippen LogP contribution in [0.15, 0.2) is 27.8 Å². The van der Waals surface area contributed by atoms with Crippen LogP contribution in [0, 0.1) is 11.8 Å². The van der Waals surface area contributed by atoms with Crippen molar-refractivity contribution in [2.75, 3.05) is 27.2 Å². The second-order valence-corrected chi connectivity index (χ2v) is 6.76. The summed E-state index contributed by atoms with van der Waals surface area (Å²) in [6.45, 7) is 3.93. The van der Waals surface area contributed by atoms with Crippen molar-refractivity contribution in [2.45, 2.75) is 39.2 Å². The molecule has 1 fully saturated rings. The molecule has 0 aliphatic heterocycles. The fourth-order valence-electron chi connectivity index (χ4n) is 3.19. The molecule has 0 saturated heterocycles. The molecule has 1 aliphatic carbocycles. The number of carbonyl (C=O) groups is 1. The second kappa shape index (κ2) is 9.35.